The third kappa shape index (κ3) is 5.88. The molecule has 2 aliphatic heterocycles. The van der Waals surface area contributed by atoms with E-state index in [9.17, 15) is 29.7 Å². The van der Waals surface area contributed by atoms with Crippen LogP contribution in [0.5, 0.6) is 11.5 Å². The van der Waals surface area contributed by atoms with Crippen molar-refractivity contribution in [2.45, 2.75) is 70.9 Å². The number of piperidine rings is 2. The second-order valence-electron chi connectivity index (χ2n) is 12.6. The van der Waals surface area contributed by atoms with Crippen molar-refractivity contribution in [2.75, 3.05) is 19.6 Å². The van der Waals surface area contributed by atoms with E-state index in [1.165, 1.54) is 15.5 Å². The summed E-state index contributed by atoms with van der Waals surface area (Å²) in [4.78, 5) is 40.8. The van der Waals surface area contributed by atoms with E-state index >= 15 is 0 Å². The zero-order chi connectivity index (χ0) is 31.8. The molecule has 4 aromatic rings. The summed E-state index contributed by atoms with van der Waals surface area (Å²) in [5.74, 6) is 0.486. The van der Waals surface area contributed by atoms with Gasteiger partial charge in [-0.15, -0.1) is 0 Å². The summed E-state index contributed by atoms with van der Waals surface area (Å²) in [7, 11) is 0. The van der Waals surface area contributed by atoms with Gasteiger partial charge in [0.05, 0.1) is 11.3 Å². The quantitative estimate of drug-likeness (QED) is 0.231. The second kappa shape index (κ2) is 12.3. The van der Waals surface area contributed by atoms with Crippen molar-refractivity contribution in [1.82, 2.24) is 29.1 Å². The zero-order valence-electron chi connectivity index (χ0n) is 25.6. The number of benzene rings is 2. The number of carboxylic acid groups (broad SMARTS) is 1. The number of hydrogen-bond acceptors (Lipinski definition) is 6. The molecule has 2 aromatic heterocycles. The summed E-state index contributed by atoms with van der Waals surface area (Å²) >= 11 is 0. The SMILES string of the molecule is CC(C)c1cc(-c2n[nH]c(=O)n2-c2ccc3c(ccn3CCC3CCN(C(=O)C4CCCCN4C(=O)O)CC3)c2)c(O)cc1O. The summed E-state index contributed by atoms with van der Waals surface area (Å²) in [6, 6.07) is 10.2. The van der Waals surface area contributed by atoms with Crippen LogP contribution in [-0.4, -0.2) is 82.1 Å². The van der Waals surface area contributed by atoms with E-state index in [0.717, 1.165) is 49.6 Å². The summed E-state index contributed by atoms with van der Waals surface area (Å²) < 4.78 is 3.62. The van der Waals surface area contributed by atoms with Crippen molar-refractivity contribution in [1.29, 1.82) is 0 Å². The van der Waals surface area contributed by atoms with E-state index < -0.39 is 17.8 Å². The van der Waals surface area contributed by atoms with Crippen LogP contribution in [-0.2, 0) is 11.3 Å². The highest BCUT2D eigenvalue weighted by atomic mass is 16.4. The first-order valence-electron chi connectivity index (χ1n) is 15.7. The van der Waals surface area contributed by atoms with Gasteiger partial charge in [-0.1, -0.05) is 13.8 Å². The Morgan fingerprint density at radius 1 is 1.00 bits per heavy atom. The number of H-pyrrole nitrogens is 1. The number of carbonyl (C=O) groups excluding carboxylic acids is 1. The van der Waals surface area contributed by atoms with Crippen LogP contribution >= 0.6 is 0 Å². The number of rotatable bonds is 7. The average Bonchev–Trinajstić information content (AvgIpc) is 3.62. The maximum absolute atomic E-state index is 13.1. The molecular formula is C33H40N6O6. The number of likely N-dealkylation sites (tertiary alicyclic amines) is 2. The second-order valence-corrected chi connectivity index (χ2v) is 12.6. The van der Waals surface area contributed by atoms with Crippen molar-refractivity contribution < 1.29 is 24.9 Å². The topological polar surface area (TPSA) is 157 Å². The van der Waals surface area contributed by atoms with E-state index in [4.69, 9.17) is 0 Å². The first kappa shape index (κ1) is 30.3. The van der Waals surface area contributed by atoms with Gasteiger partial charge < -0.3 is 24.8 Å². The number of amides is 2. The number of nitrogens with one attached hydrogen (secondary N) is 1. The molecular weight excluding hydrogens is 576 g/mol. The molecule has 2 aromatic carbocycles. The molecule has 238 valence electrons. The molecule has 4 heterocycles. The lowest BCUT2D eigenvalue weighted by Crippen LogP contribution is -2.54. The Kier molecular flexibility index (Phi) is 8.30. The molecule has 2 saturated heterocycles. The Balaban J connectivity index is 1.13. The molecule has 2 amide bonds. The Morgan fingerprint density at radius 3 is 2.51 bits per heavy atom. The molecule has 2 aliphatic rings. The zero-order valence-corrected chi connectivity index (χ0v) is 25.6. The smallest absolute Gasteiger partial charge is 0.407 e. The largest absolute Gasteiger partial charge is 0.508 e. The summed E-state index contributed by atoms with van der Waals surface area (Å²) in [5.41, 5.74) is 2.18. The first-order chi connectivity index (χ1) is 21.6. The first-order valence-corrected chi connectivity index (χ1v) is 15.7. The van der Waals surface area contributed by atoms with Gasteiger partial charge in [-0.2, -0.15) is 5.10 Å². The molecule has 0 aliphatic carbocycles. The Bertz CT molecular complexity index is 1780. The van der Waals surface area contributed by atoms with Crippen molar-refractivity contribution in [3.8, 4) is 28.6 Å². The van der Waals surface area contributed by atoms with E-state index in [1.54, 1.807) is 6.07 Å². The third-order valence-corrected chi connectivity index (χ3v) is 9.43. The molecule has 0 bridgehead atoms. The van der Waals surface area contributed by atoms with Crippen molar-refractivity contribution in [2.24, 2.45) is 5.92 Å². The molecule has 1 unspecified atom stereocenters. The van der Waals surface area contributed by atoms with Crippen LogP contribution in [0.3, 0.4) is 0 Å². The van der Waals surface area contributed by atoms with E-state index in [-0.39, 0.29) is 29.1 Å². The van der Waals surface area contributed by atoms with Gasteiger partial charge in [0.15, 0.2) is 5.82 Å². The van der Waals surface area contributed by atoms with Gasteiger partial charge in [-0.25, -0.2) is 19.3 Å². The monoisotopic (exact) mass is 616 g/mol. The van der Waals surface area contributed by atoms with Gasteiger partial charge in [-0.05, 0) is 86.3 Å². The fraction of sp³-hybridized carbons (Fsp3) is 0.455. The number of hydrogen-bond donors (Lipinski definition) is 4. The van der Waals surface area contributed by atoms with Crippen LogP contribution in [0.2, 0.25) is 0 Å². The Hall–Kier alpha value is -4.74. The van der Waals surface area contributed by atoms with Crippen LogP contribution < -0.4 is 5.69 Å². The minimum absolute atomic E-state index is 0.000874. The van der Waals surface area contributed by atoms with E-state index in [0.29, 0.717) is 48.8 Å². The summed E-state index contributed by atoms with van der Waals surface area (Å²) in [5, 5.41) is 38.1. The van der Waals surface area contributed by atoms with Gasteiger partial charge >= 0.3 is 11.8 Å². The molecule has 1 atom stereocenters. The van der Waals surface area contributed by atoms with E-state index in [1.807, 2.05) is 49.2 Å². The number of phenols is 2. The van der Waals surface area contributed by atoms with Crippen LogP contribution in [0, 0.1) is 5.92 Å². The Morgan fingerprint density at radius 2 is 1.78 bits per heavy atom. The molecule has 45 heavy (non-hydrogen) atoms. The number of aromatic hydroxyl groups is 2. The fourth-order valence-electron chi connectivity index (χ4n) is 6.87. The van der Waals surface area contributed by atoms with Gasteiger partial charge in [0, 0.05) is 49.3 Å². The standard InChI is InChI=1S/C33H40N6O6/c1-20(2)24-18-25(29(41)19-28(24)40)30-34-35-32(43)39(30)23-6-7-26-22(17-23)11-16-36(26)13-8-21-9-14-37(15-10-21)31(42)27-5-3-4-12-38(27)33(44)45/h6-7,11,16-21,27,40-41H,3-5,8-10,12-15H2,1-2H3,(H,35,43)(H,44,45). The van der Waals surface area contributed by atoms with Crippen LogP contribution in [0.4, 0.5) is 4.79 Å². The summed E-state index contributed by atoms with van der Waals surface area (Å²) in [6.45, 7) is 6.42. The molecule has 6 rings (SSSR count). The highest BCUT2D eigenvalue weighted by Crippen LogP contribution is 2.37. The van der Waals surface area contributed by atoms with Crippen molar-refractivity contribution >= 4 is 22.9 Å². The number of fused-ring (bicyclic) bond motifs is 1. The number of aromatic nitrogens is 4. The lowest BCUT2D eigenvalue weighted by Gasteiger charge is -2.39. The van der Waals surface area contributed by atoms with Gasteiger partial charge in [0.25, 0.3) is 0 Å². The molecule has 12 nitrogen and oxygen atoms in total. The minimum atomic E-state index is -1.01. The van der Waals surface area contributed by atoms with Gasteiger partial charge in [0.2, 0.25) is 5.91 Å². The molecule has 0 spiro atoms. The Labute approximate surface area is 260 Å². The number of phenolic OH excluding ortho intramolecular Hbond substituents is 2. The lowest BCUT2D eigenvalue weighted by atomic mass is 9.92. The number of nitrogens with zero attached hydrogens (tertiary/aromatic N) is 5. The molecule has 0 radical (unpaired) electrons. The minimum Gasteiger partial charge on any atom is -0.508 e. The van der Waals surface area contributed by atoms with Crippen LogP contribution in [0.1, 0.15) is 63.9 Å². The number of carbonyl (C=O) groups is 2. The molecule has 4 N–H and O–H groups in total. The third-order valence-electron chi connectivity index (χ3n) is 9.43. The normalized spacial score (nSPS) is 17.8. The predicted octanol–water partition coefficient (Wildman–Crippen LogP) is 4.88. The van der Waals surface area contributed by atoms with Gasteiger partial charge in [0.1, 0.15) is 17.5 Å². The van der Waals surface area contributed by atoms with E-state index in [2.05, 4.69) is 14.8 Å². The van der Waals surface area contributed by atoms with Gasteiger partial charge in [-0.3, -0.25) is 9.69 Å². The van der Waals surface area contributed by atoms with Crippen LogP contribution in [0.15, 0.2) is 47.4 Å². The average molecular weight is 617 g/mol. The highest BCUT2D eigenvalue weighted by molar-refractivity contribution is 5.86. The van der Waals surface area contributed by atoms with Crippen molar-refractivity contribution in [3.63, 3.8) is 0 Å². The predicted molar refractivity (Wildman–Crippen MR) is 169 cm³/mol. The highest BCUT2D eigenvalue weighted by Gasteiger charge is 2.36. The number of aryl methyl sites for hydroxylation is 1. The summed E-state index contributed by atoms with van der Waals surface area (Å²) in [6.07, 6.45) is 6.06. The number of aromatic amines is 1. The molecule has 12 heteroatoms. The fourth-order valence-corrected chi connectivity index (χ4v) is 6.87. The maximum Gasteiger partial charge on any atom is 0.407 e. The maximum atomic E-state index is 13.1. The van der Waals surface area contributed by atoms with Crippen LogP contribution in [0.25, 0.3) is 28.0 Å². The molecule has 2 fully saturated rings. The molecule has 0 saturated carbocycles. The lowest BCUT2D eigenvalue weighted by molar-refractivity contribution is -0.139. The van der Waals surface area contributed by atoms with Crippen molar-refractivity contribution in [3.05, 3.63) is 58.6 Å².